The summed E-state index contributed by atoms with van der Waals surface area (Å²) in [5, 5.41) is 17.6. The zero-order valence-electron chi connectivity index (χ0n) is 14.5. The molecule has 0 atom stereocenters. The van der Waals surface area contributed by atoms with Gasteiger partial charge in [0.2, 0.25) is 5.96 Å². The molecule has 0 saturated heterocycles. The SMILES string of the molecule is Cl.N=C(N)N(Cl)c1cncc2cc(S(=O)(=O)Nc3ccccc3C(=O)O)ccc12. The van der Waals surface area contributed by atoms with Crippen LogP contribution in [-0.2, 0) is 10.0 Å². The molecule has 0 amide bonds. The highest BCUT2D eigenvalue weighted by Crippen LogP contribution is 2.29. The molecule has 0 aliphatic heterocycles. The molecule has 3 aromatic rings. The van der Waals surface area contributed by atoms with E-state index in [1.807, 2.05) is 0 Å². The maximum atomic E-state index is 12.7. The molecule has 0 radical (unpaired) electrons. The molecule has 0 aliphatic carbocycles. The Morgan fingerprint density at radius 2 is 1.90 bits per heavy atom. The summed E-state index contributed by atoms with van der Waals surface area (Å²) in [5.74, 6) is -1.67. The number of carboxylic acid groups (broad SMARTS) is 1. The van der Waals surface area contributed by atoms with Gasteiger partial charge in [-0.2, -0.15) is 0 Å². The van der Waals surface area contributed by atoms with E-state index in [2.05, 4.69) is 9.71 Å². The number of carboxylic acids is 1. The molecule has 0 bridgehead atoms. The lowest BCUT2D eigenvalue weighted by Gasteiger charge is -2.16. The van der Waals surface area contributed by atoms with Crippen LogP contribution in [-0.4, -0.2) is 30.4 Å². The van der Waals surface area contributed by atoms with E-state index < -0.39 is 22.0 Å². The standard InChI is InChI=1S/C17H14ClN5O4S.ClH/c18-23(17(19)20)15-9-21-8-10-7-11(5-6-12(10)15)28(26,27)22-14-4-2-1-3-13(14)16(24)25;/h1-9,22H,(H3,19,20)(H,24,25);1H. The predicted molar refractivity (Wildman–Crippen MR) is 113 cm³/mol. The first-order chi connectivity index (χ1) is 13.2. The number of guanidine groups is 1. The van der Waals surface area contributed by atoms with E-state index >= 15 is 0 Å². The van der Waals surface area contributed by atoms with Gasteiger partial charge in [-0.05, 0) is 24.3 Å². The third-order valence-electron chi connectivity index (χ3n) is 3.84. The number of pyridine rings is 1. The Balaban J connectivity index is 0.00000300. The van der Waals surface area contributed by atoms with Crippen molar-refractivity contribution in [2.24, 2.45) is 5.73 Å². The lowest BCUT2D eigenvalue weighted by molar-refractivity contribution is 0.0698. The number of aromatic nitrogens is 1. The van der Waals surface area contributed by atoms with Crippen molar-refractivity contribution in [2.75, 3.05) is 9.14 Å². The molecule has 0 saturated carbocycles. The van der Waals surface area contributed by atoms with Crippen molar-refractivity contribution in [3.8, 4) is 0 Å². The van der Waals surface area contributed by atoms with Crippen LogP contribution in [0.4, 0.5) is 11.4 Å². The van der Waals surface area contributed by atoms with Gasteiger partial charge in [0.25, 0.3) is 10.0 Å². The zero-order chi connectivity index (χ0) is 20.5. The highest BCUT2D eigenvalue weighted by atomic mass is 35.5. The number of nitrogens with two attached hydrogens (primary N) is 1. The van der Waals surface area contributed by atoms with Crippen LogP contribution >= 0.6 is 24.2 Å². The first-order valence-corrected chi connectivity index (χ1v) is 9.55. The molecule has 0 fully saturated rings. The largest absolute Gasteiger partial charge is 0.478 e. The molecule has 29 heavy (non-hydrogen) atoms. The number of fused-ring (bicyclic) bond motifs is 1. The minimum Gasteiger partial charge on any atom is -0.478 e. The summed E-state index contributed by atoms with van der Waals surface area (Å²) in [6.07, 6.45) is 2.83. The molecule has 0 unspecified atom stereocenters. The van der Waals surface area contributed by atoms with Crippen molar-refractivity contribution in [2.45, 2.75) is 4.90 Å². The summed E-state index contributed by atoms with van der Waals surface area (Å²) in [6, 6.07) is 9.88. The number of para-hydroxylation sites is 1. The van der Waals surface area contributed by atoms with Gasteiger partial charge in [0.1, 0.15) is 0 Å². The van der Waals surface area contributed by atoms with Crippen LogP contribution in [0.1, 0.15) is 10.4 Å². The van der Waals surface area contributed by atoms with Crippen LogP contribution in [0.5, 0.6) is 0 Å². The Bertz CT molecular complexity index is 1200. The number of hydrogen-bond donors (Lipinski definition) is 4. The number of anilines is 2. The lowest BCUT2D eigenvalue weighted by atomic mass is 10.1. The predicted octanol–water partition coefficient (Wildman–Crippen LogP) is 3.01. The Kier molecular flexibility index (Phi) is 6.52. The monoisotopic (exact) mass is 455 g/mol. The average Bonchev–Trinajstić information content (AvgIpc) is 2.66. The van der Waals surface area contributed by atoms with Crippen molar-refractivity contribution >= 4 is 68.3 Å². The molecule has 9 nitrogen and oxygen atoms in total. The molecule has 152 valence electrons. The summed E-state index contributed by atoms with van der Waals surface area (Å²) in [6.45, 7) is 0. The van der Waals surface area contributed by atoms with Crippen LogP contribution < -0.4 is 14.9 Å². The Labute approximate surface area is 177 Å². The topological polar surface area (TPSA) is 149 Å². The quantitative estimate of drug-likeness (QED) is 0.262. The number of rotatable bonds is 5. The second-order valence-corrected chi connectivity index (χ2v) is 7.68. The van der Waals surface area contributed by atoms with Crippen molar-refractivity contribution < 1.29 is 18.3 Å². The fourth-order valence-electron chi connectivity index (χ4n) is 2.55. The first-order valence-electron chi connectivity index (χ1n) is 7.73. The van der Waals surface area contributed by atoms with Gasteiger partial charge in [-0.3, -0.25) is 15.1 Å². The van der Waals surface area contributed by atoms with E-state index in [1.54, 1.807) is 0 Å². The fourth-order valence-corrected chi connectivity index (χ4v) is 3.80. The van der Waals surface area contributed by atoms with E-state index in [4.69, 9.17) is 22.9 Å². The van der Waals surface area contributed by atoms with Crippen LogP contribution in [0.2, 0.25) is 0 Å². The minimum absolute atomic E-state index is 0. The number of aromatic carboxylic acids is 1. The van der Waals surface area contributed by atoms with Gasteiger partial charge < -0.3 is 10.8 Å². The number of nitrogens with zero attached hydrogens (tertiary/aromatic N) is 2. The van der Waals surface area contributed by atoms with Crippen LogP contribution in [0, 0.1) is 5.41 Å². The van der Waals surface area contributed by atoms with Crippen molar-refractivity contribution in [1.29, 1.82) is 5.41 Å². The third-order valence-corrected chi connectivity index (χ3v) is 5.57. The van der Waals surface area contributed by atoms with Crippen LogP contribution in [0.25, 0.3) is 10.8 Å². The van der Waals surface area contributed by atoms with Gasteiger partial charge >= 0.3 is 5.97 Å². The fraction of sp³-hybridized carbons (Fsp3) is 0. The minimum atomic E-state index is -4.06. The van der Waals surface area contributed by atoms with E-state index in [9.17, 15) is 18.3 Å². The first kappa shape index (κ1) is 22.2. The second-order valence-electron chi connectivity index (χ2n) is 5.66. The van der Waals surface area contributed by atoms with Crippen LogP contribution in [0.15, 0.2) is 59.8 Å². The molecule has 0 spiro atoms. The highest BCUT2D eigenvalue weighted by molar-refractivity contribution is 7.92. The Hall–Kier alpha value is -3.08. The van der Waals surface area contributed by atoms with Gasteiger partial charge in [0, 0.05) is 28.7 Å². The number of hydrogen-bond acceptors (Lipinski definition) is 5. The summed E-state index contributed by atoms with van der Waals surface area (Å²) < 4.78 is 28.6. The normalized spacial score (nSPS) is 10.8. The van der Waals surface area contributed by atoms with Gasteiger partial charge in [-0.25, -0.2) is 17.6 Å². The maximum Gasteiger partial charge on any atom is 0.337 e. The highest BCUT2D eigenvalue weighted by Gasteiger charge is 2.20. The van der Waals surface area contributed by atoms with E-state index in [-0.39, 0.29) is 28.6 Å². The van der Waals surface area contributed by atoms with Gasteiger partial charge in [-0.1, -0.05) is 18.2 Å². The van der Waals surface area contributed by atoms with E-state index in [0.29, 0.717) is 16.5 Å². The molecular weight excluding hydrogens is 441 g/mol. The summed E-state index contributed by atoms with van der Waals surface area (Å²) >= 11 is 5.96. The molecule has 12 heteroatoms. The number of benzene rings is 2. The van der Waals surface area contributed by atoms with Gasteiger partial charge in [0.15, 0.2) is 0 Å². The van der Waals surface area contributed by atoms with Gasteiger partial charge in [0.05, 0.1) is 28.0 Å². The molecular formula is C17H15Cl2N5O4S. The zero-order valence-corrected chi connectivity index (χ0v) is 16.9. The molecule has 1 aromatic heterocycles. The summed E-state index contributed by atoms with van der Waals surface area (Å²) in [7, 11) is -4.06. The average molecular weight is 456 g/mol. The van der Waals surface area contributed by atoms with Crippen LogP contribution in [0.3, 0.4) is 0 Å². The number of nitrogens with one attached hydrogen (secondary N) is 2. The number of carbonyl (C=O) groups is 1. The summed E-state index contributed by atoms with van der Waals surface area (Å²) in [5.41, 5.74) is 5.48. The van der Waals surface area contributed by atoms with Crippen molar-refractivity contribution in [3.05, 3.63) is 60.4 Å². The lowest BCUT2D eigenvalue weighted by Crippen LogP contribution is -2.28. The van der Waals surface area contributed by atoms with Gasteiger partial charge in [-0.15, -0.1) is 12.4 Å². The molecule has 1 heterocycles. The number of sulfonamides is 1. The summed E-state index contributed by atoms with van der Waals surface area (Å²) in [4.78, 5) is 15.2. The Morgan fingerprint density at radius 3 is 2.55 bits per heavy atom. The van der Waals surface area contributed by atoms with E-state index in [1.165, 1.54) is 54.9 Å². The van der Waals surface area contributed by atoms with E-state index in [0.717, 1.165) is 4.42 Å². The molecule has 5 N–H and O–H groups in total. The second kappa shape index (κ2) is 8.52. The molecule has 3 rings (SSSR count). The molecule has 2 aromatic carbocycles. The van der Waals surface area contributed by atoms with Crippen molar-refractivity contribution in [1.82, 2.24) is 4.98 Å². The third kappa shape index (κ3) is 4.50. The smallest absolute Gasteiger partial charge is 0.337 e. The van der Waals surface area contributed by atoms with Crippen molar-refractivity contribution in [3.63, 3.8) is 0 Å². The maximum absolute atomic E-state index is 12.7. The number of halogens is 2. The molecule has 0 aliphatic rings. The Morgan fingerprint density at radius 1 is 1.21 bits per heavy atom.